The molecule has 0 N–H and O–H groups in total. The second-order valence-electron chi connectivity index (χ2n) is 4.33. The Morgan fingerprint density at radius 2 is 2.45 bits per heavy atom. The smallest absolute Gasteiger partial charge is 0.0112 e. The van der Waals surface area contributed by atoms with Gasteiger partial charge < -0.3 is 0 Å². The van der Waals surface area contributed by atoms with Gasteiger partial charge in [0.25, 0.3) is 0 Å². The molecular weight excluding hydrogens is 132 g/mol. The van der Waals surface area contributed by atoms with E-state index in [1.807, 2.05) is 0 Å². The van der Waals surface area contributed by atoms with Crippen molar-refractivity contribution in [1.82, 2.24) is 0 Å². The summed E-state index contributed by atoms with van der Waals surface area (Å²) < 4.78 is 0. The highest BCUT2D eigenvalue weighted by Crippen LogP contribution is 2.51. The molecule has 0 unspecified atom stereocenters. The van der Waals surface area contributed by atoms with E-state index < -0.39 is 0 Å². The Labute approximate surface area is 69.7 Å². The third-order valence-corrected chi connectivity index (χ3v) is 3.43. The van der Waals surface area contributed by atoms with Crippen molar-refractivity contribution in [1.29, 1.82) is 0 Å². The first-order valence-corrected chi connectivity index (χ1v) is 5.04. The van der Waals surface area contributed by atoms with Crippen LogP contribution >= 0.6 is 0 Å². The third-order valence-electron chi connectivity index (χ3n) is 3.43. The Bertz CT molecular complexity index is 169. The number of unbranched alkanes of at least 4 members (excludes halogenated alkanes) is 1. The maximum absolute atomic E-state index is 2.51. The predicted octanol–water partition coefficient (Wildman–Crippen LogP) is 3.53. The SMILES string of the molecule is CCCC[C@]12C=C[C@H](CC1)C2. The van der Waals surface area contributed by atoms with E-state index in [4.69, 9.17) is 0 Å². The fraction of sp³-hybridized carbons (Fsp3) is 0.818. The van der Waals surface area contributed by atoms with Gasteiger partial charge in [0.15, 0.2) is 0 Å². The van der Waals surface area contributed by atoms with Crippen LogP contribution in [0.25, 0.3) is 0 Å². The van der Waals surface area contributed by atoms with Crippen LogP contribution in [0, 0.1) is 11.3 Å². The third kappa shape index (κ3) is 1.23. The number of allylic oxidation sites excluding steroid dienone is 2. The molecule has 0 nitrogen and oxygen atoms in total. The van der Waals surface area contributed by atoms with Gasteiger partial charge in [0, 0.05) is 0 Å². The summed E-state index contributed by atoms with van der Waals surface area (Å²) in [5.41, 5.74) is 0.681. The van der Waals surface area contributed by atoms with Crippen molar-refractivity contribution in [2.24, 2.45) is 11.3 Å². The Morgan fingerprint density at radius 3 is 2.91 bits per heavy atom. The molecule has 0 amide bonds. The van der Waals surface area contributed by atoms with E-state index in [1.165, 1.54) is 38.5 Å². The van der Waals surface area contributed by atoms with Gasteiger partial charge in [-0.05, 0) is 37.0 Å². The van der Waals surface area contributed by atoms with Crippen LogP contribution in [0.5, 0.6) is 0 Å². The van der Waals surface area contributed by atoms with E-state index in [0.29, 0.717) is 5.41 Å². The van der Waals surface area contributed by atoms with Gasteiger partial charge in [-0.25, -0.2) is 0 Å². The van der Waals surface area contributed by atoms with Crippen molar-refractivity contribution < 1.29 is 0 Å². The van der Waals surface area contributed by atoms with E-state index >= 15 is 0 Å². The molecule has 2 atom stereocenters. The van der Waals surface area contributed by atoms with Crippen molar-refractivity contribution in [2.45, 2.75) is 45.4 Å². The van der Waals surface area contributed by atoms with Crippen LogP contribution in [0.3, 0.4) is 0 Å². The quantitative estimate of drug-likeness (QED) is 0.540. The van der Waals surface area contributed by atoms with Crippen LogP contribution in [0.1, 0.15) is 45.4 Å². The topological polar surface area (TPSA) is 0 Å². The molecule has 0 heterocycles. The van der Waals surface area contributed by atoms with Gasteiger partial charge in [0.05, 0.1) is 0 Å². The number of rotatable bonds is 3. The van der Waals surface area contributed by atoms with Gasteiger partial charge in [0.2, 0.25) is 0 Å². The molecule has 0 heteroatoms. The average Bonchev–Trinajstić information content (AvgIpc) is 2.60. The summed E-state index contributed by atoms with van der Waals surface area (Å²) in [6.07, 6.45) is 13.6. The highest BCUT2D eigenvalue weighted by atomic mass is 14.4. The molecule has 0 radical (unpaired) electrons. The van der Waals surface area contributed by atoms with E-state index in [1.54, 1.807) is 0 Å². The molecule has 0 aliphatic heterocycles. The lowest BCUT2D eigenvalue weighted by Gasteiger charge is -2.22. The first-order chi connectivity index (χ1) is 5.35. The molecule has 0 saturated heterocycles. The summed E-state index contributed by atoms with van der Waals surface area (Å²) in [5, 5.41) is 0. The number of hydrogen-bond acceptors (Lipinski definition) is 0. The molecule has 2 rings (SSSR count). The summed E-state index contributed by atoms with van der Waals surface area (Å²) in [6.45, 7) is 2.29. The second kappa shape index (κ2) is 2.66. The van der Waals surface area contributed by atoms with Gasteiger partial charge >= 0.3 is 0 Å². The molecule has 0 aromatic heterocycles. The van der Waals surface area contributed by atoms with E-state index in [-0.39, 0.29) is 0 Å². The number of fused-ring (bicyclic) bond motifs is 2. The van der Waals surface area contributed by atoms with Gasteiger partial charge in [-0.2, -0.15) is 0 Å². The maximum Gasteiger partial charge on any atom is -0.0112 e. The molecule has 11 heavy (non-hydrogen) atoms. The van der Waals surface area contributed by atoms with Crippen molar-refractivity contribution in [3.63, 3.8) is 0 Å². The van der Waals surface area contributed by atoms with E-state index in [2.05, 4.69) is 19.1 Å². The zero-order chi connectivity index (χ0) is 7.73. The highest BCUT2D eigenvalue weighted by molar-refractivity contribution is 5.15. The number of hydrogen-bond donors (Lipinski definition) is 0. The molecule has 2 aliphatic carbocycles. The molecule has 2 bridgehead atoms. The molecule has 62 valence electrons. The molecule has 1 saturated carbocycles. The lowest BCUT2D eigenvalue weighted by atomic mass is 9.83. The summed E-state index contributed by atoms with van der Waals surface area (Å²) >= 11 is 0. The lowest BCUT2D eigenvalue weighted by Crippen LogP contribution is -2.10. The standard InChI is InChI=1S/C11H18/c1-2-3-6-11-7-4-10(9-11)5-8-11/h4,7,10H,2-3,5-6,8-9H2,1H3/t10-,11+/m1/s1. The van der Waals surface area contributed by atoms with Crippen molar-refractivity contribution in [3.8, 4) is 0 Å². The van der Waals surface area contributed by atoms with Gasteiger partial charge in [-0.1, -0.05) is 31.9 Å². The van der Waals surface area contributed by atoms with Gasteiger partial charge in [-0.3, -0.25) is 0 Å². The monoisotopic (exact) mass is 150 g/mol. The zero-order valence-electron chi connectivity index (χ0n) is 7.47. The normalized spacial score (nSPS) is 40.3. The van der Waals surface area contributed by atoms with Crippen LogP contribution < -0.4 is 0 Å². The van der Waals surface area contributed by atoms with Crippen LogP contribution in [0.2, 0.25) is 0 Å². The first-order valence-electron chi connectivity index (χ1n) is 5.04. The van der Waals surface area contributed by atoms with Crippen molar-refractivity contribution >= 4 is 0 Å². The van der Waals surface area contributed by atoms with E-state index in [0.717, 1.165) is 5.92 Å². The summed E-state index contributed by atoms with van der Waals surface area (Å²) in [6, 6.07) is 0. The molecule has 1 fully saturated rings. The Hall–Kier alpha value is -0.260. The first kappa shape index (κ1) is 7.39. The van der Waals surface area contributed by atoms with Gasteiger partial charge in [0.1, 0.15) is 0 Å². The fourth-order valence-corrected chi connectivity index (χ4v) is 2.69. The predicted molar refractivity (Wildman–Crippen MR) is 48.4 cm³/mol. The van der Waals surface area contributed by atoms with Crippen molar-refractivity contribution in [3.05, 3.63) is 12.2 Å². The second-order valence-corrected chi connectivity index (χ2v) is 4.33. The summed E-state index contributed by atoms with van der Waals surface area (Å²) in [7, 11) is 0. The lowest BCUT2D eigenvalue weighted by molar-refractivity contribution is 0.357. The van der Waals surface area contributed by atoms with Crippen LogP contribution in [0.4, 0.5) is 0 Å². The highest BCUT2D eigenvalue weighted by Gasteiger charge is 2.39. The van der Waals surface area contributed by atoms with Crippen LogP contribution in [-0.4, -0.2) is 0 Å². The molecule has 0 aromatic carbocycles. The summed E-state index contributed by atoms with van der Waals surface area (Å²) in [5.74, 6) is 0.965. The summed E-state index contributed by atoms with van der Waals surface area (Å²) in [4.78, 5) is 0. The minimum atomic E-state index is 0.681. The fourth-order valence-electron chi connectivity index (χ4n) is 2.69. The molecule has 0 spiro atoms. The van der Waals surface area contributed by atoms with Gasteiger partial charge in [-0.15, -0.1) is 0 Å². The molecule has 2 aliphatic rings. The van der Waals surface area contributed by atoms with Crippen LogP contribution in [-0.2, 0) is 0 Å². The minimum absolute atomic E-state index is 0.681. The average molecular weight is 150 g/mol. The minimum Gasteiger partial charge on any atom is -0.0848 e. The van der Waals surface area contributed by atoms with Crippen molar-refractivity contribution in [2.75, 3.05) is 0 Å². The van der Waals surface area contributed by atoms with Crippen LogP contribution in [0.15, 0.2) is 12.2 Å². The zero-order valence-corrected chi connectivity index (χ0v) is 7.47. The Morgan fingerprint density at radius 1 is 1.55 bits per heavy atom. The molecule has 0 aromatic rings. The van der Waals surface area contributed by atoms with E-state index in [9.17, 15) is 0 Å². The Kier molecular flexibility index (Phi) is 1.78. The maximum atomic E-state index is 2.51. The molecular formula is C11H18. The largest absolute Gasteiger partial charge is 0.0848 e. The Balaban J connectivity index is 1.95.